The molecule has 0 amide bonds. The third-order valence-corrected chi connectivity index (χ3v) is 3.26. The van der Waals surface area contributed by atoms with Gasteiger partial charge >= 0.3 is 0 Å². The normalized spacial score (nSPS) is 12.5. The van der Waals surface area contributed by atoms with Gasteiger partial charge in [0.2, 0.25) is 0 Å². The molecule has 1 unspecified atom stereocenters. The lowest BCUT2D eigenvalue weighted by Crippen LogP contribution is -2.39. The second-order valence-corrected chi connectivity index (χ2v) is 5.20. The minimum Gasteiger partial charge on any atom is -0.392 e. The Labute approximate surface area is 122 Å². The molecule has 0 aromatic carbocycles. The summed E-state index contributed by atoms with van der Waals surface area (Å²) in [5, 5.41) is 9.48. The van der Waals surface area contributed by atoms with Crippen LogP contribution < -0.4 is 4.90 Å². The number of rotatable bonds is 8. The minimum absolute atomic E-state index is 0.0506. The quantitative estimate of drug-likeness (QED) is 0.787. The predicted octanol–water partition coefficient (Wildman–Crippen LogP) is 1.82. The van der Waals surface area contributed by atoms with Crippen LogP contribution in [0.4, 0.5) is 5.82 Å². The van der Waals surface area contributed by atoms with Crippen LogP contribution in [0.15, 0.2) is 16.7 Å². The number of hydrogen-bond acceptors (Lipinski definition) is 5. The van der Waals surface area contributed by atoms with Crippen molar-refractivity contribution >= 4 is 21.7 Å². The molecule has 5 nitrogen and oxygen atoms in total. The average molecular weight is 333 g/mol. The summed E-state index contributed by atoms with van der Waals surface area (Å²) in [5.74, 6) is 0.771. The van der Waals surface area contributed by atoms with Crippen molar-refractivity contribution < 1.29 is 14.6 Å². The lowest BCUT2D eigenvalue weighted by atomic mass is 10.2. The van der Waals surface area contributed by atoms with E-state index in [4.69, 9.17) is 9.47 Å². The number of nitrogens with zero attached hydrogens (tertiary/aromatic N) is 2. The number of aliphatic hydroxyl groups is 1. The maximum Gasteiger partial charge on any atom is 0.134 e. The Morgan fingerprint density at radius 2 is 2.16 bits per heavy atom. The maximum atomic E-state index is 9.48. The van der Waals surface area contributed by atoms with Crippen molar-refractivity contribution in [2.75, 3.05) is 38.9 Å². The molecule has 0 radical (unpaired) electrons. The highest BCUT2D eigenvalue weighted by Gasteiger charge is 2.18. The van der Waals surface area contributed by atoms with E-state index in [1.54, 1.807) is 20.4 Å². The van der Waals surface area contributed by atoms with Gasteiger partial charge in [0.05, 0.1) is 25.9 Å². The van der Waals surface area contributed by atoms with Crippen molar-refractivity contribution in [2.45, 2.75) is 19.6 Å². The summed E-state index contributed by atoms with van der Waals surface area (Å²) in [5.41, 5.74) is 0.786. The van der Waals surface area contributed by atoms with Gasteiger partial charge in [-0.1, -0.05) is 0 Å². The molecule has 0 spiro atoms. The molecule has 6 heteroatoms. The van der Waals surface area contributed by atoms with Crippen LogP contribution in [0.5, 0.6) is 0 Å². The molecule has 0 aliphatic heterocycles. The van der Waals surface area contributed by atoms with E-state index in [1.165, 1.54) is 0 Å². The number of pyridine rings is 1. The lowest BCUT2D eigenvalue weighted by Gasteiger charge is -2.31. The zero-order valence-electron chi connectivity index (χ0n) is 11.6. The number of methoxy groups -OCH3 is 2. The van der Waals surface area contributed by atoms with Gasteiger partial charge in [-0.3, -0.25) is 0 Å². The van der Waals surface area contributed by atoms with Crippen LogP contribution in [0, 0.1) is 0 Å². The second kappa shape index (κ2) is 8.47. The molecule has 1 aromatic heterocycles. The molecule has 0 saturated carbocycles. The molecule has 0 bridgehead atoms. The Morgan fingerprint density at radius 3 is 2.74 bits per heavy atom. The molecule has 0 aliphatic rings. The van der Waals surface area contributed by atoms with Crippen molar-refractivity contribution in [3.8, 4) is 0 Å². The molecule has 0 aliphatic carbocycles. The van der Waals surface area contributed by atoms with E-state index in [0.29, 0.717) is 19.8 Å². The maximum absolute atomic E-state index is 9.48. The summed E-state index contributed by atoms with van der Waals surface area (Å²) >= 11 is 3.37. The van der Waals surface area contributed by atoms with Crippen LogP contribution in [0.2, 0.25) is 0 Å². The zero-order valence-corrected chi connectivity index (χ0v) is 13.2. The first-order chi connectivity index (χ1) is 9.13. The smallest absolute Gasteiger partial charge is 0.134 e. The summed E-state index contributed by atoms with van der Waals surface area (Å²) in [7, 11) is 3.34. The fourth-order valence-electron chi connectivity index (χ4n) is 1.90. The third kappa shape index (κ3) is 4.72. The Balaban J connectivity index is 3.01. The Hall–Kier alpha value is -0.690. The van der Waals surface area contributed by atoms with Gasteiger partial charge in [0.25, 0.3) is 0 Å². The highest BCUT2D eigenvalue weighted by Crippen LogP contribution is 2.23. The van der Waals surface area contributed by atoms with Crippen LogP contribution in [0.1, 0.15) is 12.5 Å². The fourth-order valence-corrected chi connectivity index (χ4v) is 2.28. The van der Waals surface area contributed by atoms with Gasteiger partial charge in [-0.15, -0.1) is 0 Å². The Bertz CT molecular complexity index is 390. The molecule has 0 saturated heterocycles. The summed E-state index contributed by atoms with van der Waals surface area (Å²) in [6, 6.07) is 2.03. The SMILES string of the molecule is COCCN(c1ncc(Br)cc1CO)C(C)COC. The largest absolute Gasteiger partial charge is 0.392 e. The number of anilines is 1. The molecule has 1 aromatic rings. The highest BCUT2D eigenvalue weighted by molar-refractivity contribution is 9.10. The van der Waals surface area contributed by atoms with Crippen LogP contribution in [-0.4, -0.2) is 50.1 Å². The van der Waals surface area contributed by atoms with Gasteiger partial charge in [-0.25, -0.2) is 4.98 Å². The van der Waals surface area contributed by atoms with E-state index in [9.17, 15) is 5.11 Å². The van der Waals surface area contributed by atoms with E-state index >= 15 is 0 Å². The molecule has 1 N–H and O–H groups in total. The summed E-state index contributed by atoms with van der Waals surface area (Å²) in [6.07, 6.45) is 1.73. The number of hydrogen-bond donors (Lipinski definition) is 1. The standard InChI is InChI=1S/C13H21BrN2O3/c1-10(9-19-3)16(4-5-18-2)13-11(8-17)6-12(14)7-15-13/h6-7,10,17H,4-5,8-9H2,1-3H3. The molecule has 0 fully saturated rings. The molecule has 1 heterocycles. The Kier molecular flexibility index (Phi) is 7.30. The van der Waals surface area contributed by atoms with Gasteiger partial charge in [0, 0.05) is 37.0 Å². The number of ether oxygens (including phenoxy) is 2. The van der Waals surface area contributed by atoms with E-state index in [2.05, 4.69) is 32.7 Å². The molecular formula is C13H21BrN2O3. The summed E-state index contributed by atoms with van der Waals surface area (Å²) in [6.45, 7) is 3.89. The predicted molar refractivity (Wildman–Crippen MR) is 78.4 cm³/mol. The topological polar surface area (TPSA) is 54.8 Å². The highest BCUT2D eigenvalue weighted by atomic mass is 79.9. The van der Waals surface area contributed by atoms with Gasteiger partial charge in [-0.2, -0.15) is 0 Å². The first-order valence-electron chi connectivity index (χ1n) is 6.13. The minimum atomic E-state index is -0.0506. The first-order valence-corrected chi connectivity index (χ1v) is 6.93. The van der Waals surface area contributed by atoms with Crippen LogP contribution in [-0.2, 0) is 16.1 Å². The number of halogens is 1. The Morgan fingerprint density at radius 1 is 1.42 bits per heavy atom. The summed E-state index contributed by atoms with van der Waals surface area (Å²) < 4.78 is 11.2. The van der Waals surface area contributed by atoms with E-state index in [0.717, 1.165) is 15.9 Å². The van der Waals surface area contributed by atoms with Crippen LogP contribution in [0.25, 0.3) is 0 Å². The summed E-state index contributed by atoms with van der Waals surface area (Å²) in [4.78, 5) is 6.50. The van der Waals surface area contributed by atoms with Gasteiger partial charge in [-0.05, 0) is 28.9 Å². The van der Waals surface area contributed by atoms with Crippen molar-refractivity contribution in [3.63, 3.8) is 0 Å². The molecule has 19 heavy (non-hydrogen) atoms. The van der Waals surface area contributed by atoms with Crippen molar-refractivity contribution in [1.82, 2.24) is 4.98 Å². The van der Waals surface area contributed by atoms with Crippen molar-refractivity contribution in [2.24, 2.45) is 0 Å². The van der Waals surface area contributed by atoms with Crippen LogP contribution >= 0.6 is 15.9 Å². The fraction of sp³-hybridized carbons (Fsp3) is 0.615. The third-order valence-electron chi connectivity index (χ3n) is 2.83. The van der Waals surface area contributed by atoms with Crippen molar-refractivity contribution in [1.29, 1.82) is 0 Å². The van der Waals surface area contributed by atoms with Crippen molar-refractivity contribution in [3.05, 3.63) is 22.3 Å². The van der Waals surface area contributed by atoms with Gasteiger partial charge < -0.3 is 19.5 Å². The van der Waals surface area contributed by atoms with E-state index in [1.807, 2.05) is 6.07 Å². The zero-order chi connectivity index (χ0) is 14.3. The van der Waals surface area contributed by atoms with Gasteiger partial charge in [0.1, 0.15) is 5.82 Å². The lowest BCUT2D eigenvalue weighted by molar-refractivity contribution is 0.170. The van der Waals surface area contributed by atoms with E-state index < -0.39 is 0 Å². The monoisotopic (exact) mass is 332 g/mol. The molecule has 1 atom stereocenters. The molecular weight excluding hydrogens is 312 g/mol. The number of aromatic nitrogens is 1. The second-order valence-electron chi connectivity index (χ2n) is 4.28. The van der Waals surface area contributed by atoms with Gasteiger partial charge in [0.15, 0.2) is 0 Å². The van der Waals surface area contributed by atoms with E-state index in [-0.39, 0.29) is 12.6 Å². The molecule has 108 valence electrons. The number of aliphatic hydroxyl groups excluding tert-OH is 1. The van der Waals surface area contributed by atoms with Crippen LogP contribution in [0.3, 0.4) is 0 Å². The first kappa shape index (κ1) is 16.4. The average Bonchev–Trinajstić information content (AvgIpc) is 2.40. The molecule has 1 rings (SSSR count).